The average Bonchev–Trinajstić information content (AvgIpc) is 2.24. The van der Waals surface area contributed by atoms with E-state index in [0.717, 1.165) is 6.42 Å². The first-order chi connectivity index (χ1) is 6.74. The first-order valence-electron chi connectivity index (χ1n) is 5.12. The average molecular weight is 218 g/mol. The number of hydrogen-bond donors (Lipinski definition) is 0. The molecule has 0 aromatic heterocycles. The summed E-state index contributed by atoms with van der Waals surface area (Å²) in [7, 11) is 0.688. The van der Waals surface area contributed by atoms with Crippen LogP contribution in [0.1, 0.15) is 32.6 Å². The van der Waals surface area contributed by atoms with Crippen LogP contribution in [-0.4, -0.2) is 29.6 Å². The van der Waals surface area contributed by atoms with E-state index >= 15 is 0 Å². The lowest BCUT2D eigenvalue weighted by atomic mass is 10.2. The first kappa shape index (κ1) is 13.8. The molecule has 0 spiro atoms. The van der Waals surface area contributed by atoms with Crippen LogP contribution in [0.25, 0.3) is 0 Å². The monoisotopic (exact) mass is 218 g/mol. The molecule has 0 atom stereocenters. The molecule has 0 aliphatic rings. The lowest BCUT2D eigenvalue weighted by Gasteiger charge is -2.22. The predicted octanol–water partition coefficient (Wildman–Crippen LogP) is 2.54. The normalized spacial score (nSPS) is 11.6. The highest BCUT2D eigenvalue weighted by atomic mass is 28.4. The van der Waals surface area contributed by atoms with Gasteiger partial charge in [0.15, 0.2) is 0 Å². The minimum Gasteiger partial charge on any atom is -0.374 e. The maximum absolute atomic E-state index is 5.60. The van der Waals surface area contributed by atoms with Crippen LogP contribution in [0.15, 0.2) is 12.3 Å². The summed E-state index contributed by atoms with van der Waals surface area (Å²) < 4.78 is 16.0. The largest absolute Gasteiger partial charge is 0.528 e. The van der Waals surface area contributed by atoms with Crippen molar-refractivity contribution < 1.29 is 13.3 Å². The smallest absolute Gasteiger partial charge is 0.374 e. The second-order valence-corrected chi connectivity index (χ2v) is 5.85. The lowest BCUT2D eigenvalue weighted by molar-refractivity contribution is 0.110. The van der Waals surface area contributed by atoms with Gasteiger partial charge in [-0.15, -0.1) is 0 Å². The molecule has 0 radical (unpaired) electrons. The molecule has 3 nitrogen and oxygen atoms in total. The second kappa shape index (κ2) is 8.17. The zero-order valence-corrected chi connectivity index (χ0v) is 10.5. The number of unbranched alkanes of at least 4 members (excludes halogenated alkanes) is 3. The van der Waals surface area contributed by atoms with E-state index < -0.39 is 8.80 Å². The van der Waals surface area contributed by atoms with E-state index in [1.54, 1.807) is 19.9 Å². The molecule has 0 heterocycles. The maximum Gasteiger partial charge on any atom is 0.528 e. The molecular weight excluding hydrogens is 196 g/mol. The van der Waals surface area contributed by atoms with Gasteiger partial charge in [0, 0.05) is 20.8 Å². The summed E-state index contributed by atoms with van der Waals surface area (Å²) in [6.07, 6.45) is 4.75. The van der Waals surface area contributed by atoms with Crippen molar-refractivity contribution in [3.05, 3.63) is 12.3 Å². The Hall–Kier alpha value is -0.163. The van der Waals surface area contributed by atoms with Gasteiger partial charge in [-0.05, 0) is 12.1 Å². The van der Waals surface area contributed by atoms with Gasteiger partial charge >= 0.3 is 8.80 Å². The molecule has 0 amide bonds. The summed E-state index contributed by atoms with van der Waals surface area (Å²) in [5.74, 6) is 0. The second-order valence-electron chi connectivity index (χ2n) is 3.13. The van der Waals surface area contributed by atoms with Crippen molar-refractivity contribution in [3.8, 4) is 0 Å². The quantitative estimate of drug-likeness (QED) is 0.440. The molecule has 0 aromatic carbocycles. The van der Waals surface area contributed by atoms with Crippen LogP contribution in [0.4, 0.5) is 0 Å². The van der Waals surface area contributed by atoms with E-state index in [0.29, 0.717) is 6.61 Å². The molecule has 0 N–H and O–H groups in total. The van der Waals surface area contributed by atoms with Gasteiger partial charge in [-0.25, -0.2) is 0 Å². The third kappa shape index (κ3) is 4.90. The zero-order chi connectivity index (χ0) is 10.9. The van der Waals surface area contributed by atoms with Gasteiger partial charge in [-0.3, -0.25) is 0 Å². The molecule has 0 saturated heterocycles. The van der Waals surface area contributed by atoms with Gasteiger partial charge in [0.1, 0.15) is 0 Å². The van der Waals surface area contributed by atoms with Crippen LogP contribution in [0.5, 0.6) is 0 Å². The van der Waals surface area contributed by atoms with Crippen molar-refractivity contribution in [2.24, 2.45) is 0 Å². The zero-order valence-electron chi connectivity index (χ0n) is 9.54. The van der Waals surface area contributed by atoms with Gasteiger partial charge in [0.05, 0.1) is 0 Å². The standard InChI is InChI=1S/C10H22O3Si/c1-5-7-8-9-10-13-14(6-2,11-3)12-4/h6H,2,5,7-10H2,1,3-4H3. The topological polar surface area (TPSA) is 27.7 Å². The van der Waals surface area contributed by atoms with Gasteiger partial charge < -0.3 is 13.3 Å². The van der Waals surface area contributed by atoms with E-state index in [-0.39, 0.29) is 0 Å². The van der Waals surface area contributed by atoms with Crippen molar-refractivity contribution in [2.75, 3.05) is 20.8 Å². The van der Waals surface area contributed by atoms with Gasteiger partial charge in [0.2, 0.25) is 0 Å². The molecule has 0 aliphatic heterocycles. The highest BCUT2D eigenvalue weighted by molar-refractivity contribution is 6.66. The van der Waals surface area contributed by atoms with E-state index in [9.17, 15) is 0 Å². The number of hydrogen-bond acceptors (Lipinski definition) is 3. The number of rotatable bonds is 9. The van der Waals surface area contributed by atoms with Gasteiger partial charge in [-0.2, -0.15) is 0 Å². The highest BCUT2D eigenvalue weighted by Crippen LogP contribution is 2.10. The van der Waals surface area contributed by atoms with Crippen LogP contribution in [0, 0.1) is 0 Å². The Morgan fingerprint density at radius 2 is 1.79 bits per heavy atom. The Balaban J connectivity index is 3.66. The van der Waals surface area contributed by atoms with Crippen molar-refractivity contribution >= 4 is 8.80 Å². The molecule has 0 aromatic rings. The molecule has 4 heteroatoms. The van der Waals surface area contributed by atoms with Gasteiger partial charge in [0.25, 0.3) is 0 Å². The Morgan fingerprint density at radius 1 is 1.14 bits per heavy atom. The third-order valence-electron chi connectivity index (χ3n) is 2.12. The Kier molecular flexibility index (Phi) is 8.08. The SMILES string of the molecule is C=C[Si](OC)(OC)OCCCCCC. The fraction of sp³-hybridized carbons (Fsp3) is 0.800. The van der Waals surface area contributed by atoms with Crippen molar-refractivity contribution in [1.29, 1.82) is 0 Å². The van der Waals surface area contributed by atoms with Crippen LogP contribution in [0.2, 0.25) is 0 Å². The van der Waals surface area contributed by atoms with Crippen molar-refractivity contribution in [1.82, 2.24) is 0 Å². The highest BCUT2D eigenvalue weighted by Gasteiger charge is 2.34. The molecule has 0 unspecified atom stereocenters. The summed E-state index contributed by atoms with van der Waals surface area (Å²) in [4.78, 5) is 0. The van der Waals surface area contributed by atoms with Crippen LogP contribution in [-0.2, 0) is 13.3 Å². The predicted molar refractivity (Wildman–Crippen MR) is 60.1 cm³/mol. The summed E-state index contributed by atoms with van der Waals surface area (Å²) in [5.41, 5.74) is 1.66. The van der Waals surface area contributed by atoms with Crippen molar-refractivity contribution in [2.45, 2.75) is 32.6 Å². The molecular formula is C10H22O3Si. The fourth-order valence-corrected chi connectivity index (χ4v) is 2.45. The van der Waals surface area contributed by atoms with E-state index in [1.807, 2.05) is 0 Å². The van der Waals surface area contributed by atoms with Crippen LogP contribution in [0.3, 0.4) is 0 Å². The minimum absolute atomic E-state index is 0.694. The first-order valence-corrected chi connectivity index (χ1v) is 6.92. The fourth-order valence-electron chi connectivity index (χ4n) is 1.17. The summed E-state index contributed by atoms with van der Waals surface area (Å²) >= 11 is 0. The third-order valence-corrected chi connectivity index (χ3v) is 4.36. The molecule has 84 valence electrons. The van der Waals surface area contributed by atoms with E-state index in [1.165, 1.54) is 19.3 Å². The lowest BCUT2D eigenvalue weighted by Crippen LogP contribution is -2.42. The molecule has 0 aliphatic carbocycles. The van der Waals surface area contributed by atoms with E-state index in [2.05, 4.69) is 13.5 Å². The van der Waals surface area contributed by atoms with Crippen LogP contribution < -0.4 is 0 Å². The van der Waals surface area contributed by atoms with Gasteiger partial charge in [-0.1, -0.05) is 32.8 Å². The summed E-state index contributed by atoms with van der Waals surface area (Å²) in [5, 5.41) is 0. The van der Waals surface area contributed by atoms with Crippen LogP contribution >= 0.6 is 0 Å². The molecule has 0 saturated carbocycles. The Labute approximate surface area is 88.4 Å². The molecule has 14 heavy (non-hydrogen) atoms. The minimum atomic E-state index is -2.51. The maximum atomic E-state index is 5.60. The molecule has 0 fully saturated rings. The summed E-state index contributed by atoms with van der Waals surface area (Å²) in [6.45, 7) is 6.56. The Bertz CT molecular complexity index is 146. The molecule has 0 bridgehead atoms. The summed E-state index contributed by atoms with van der Waals surface area (Å²) in [6, 6.07) is 0. The van der Waals surface area contributed by atoms with E-state index in [4.69, 9.17) is 13.3 Å². The Morgan fingerprint density at radius 3 is 2.21 bits per heavy atom. The van der Waals surface area contributed by atoms with Crippen molar-refractivity contribution in [3.63, 3.8) is 0 Å². The molecule has 0 rings (SSSR count).